The summed E-state index contributed by atoms with van der Waals surface area (Å²) in [5.41, 5.74) is 2.91. The fourth-order valence-electron chi connectivity index (χ4n) is 3.13. The Morgan fingerprint density at radius 3 is 2.86 bits per heavy atom. The molecule has 0 bridgehead atoms. The number of aromatic nitrogens is 3. The summed E-state index contributed by atoms with van der Waals surface area (Å²) < 4.78 is 13.2. The first-order valence-corrected chi connectivity index (χ1v) is 10.3. The summed E-state index contributed by atoms with van der Waals surface area (Å²) in [7, 11) is 1.66. The first-order chi connectivity index (χ1) is 13.8. The monoisotopic (exact) mass is 392 g/mol. The van der Waals surface area contributed by atoms with Crippen LogP contribution in [0.5, 0.6) is 11.5 Å². The highest BCUT2D eigenvalue weighted by Gasteiger charge is 2.24. The number of thioether (sulfide) groups is 1. The van der Waals surface area contributed by atoms with Gasteiger partial charge in [0.05, 0.1) is 25.0 Å². The molecule has 0 atom stereocenters. The quantitative estimate of drug-likeness (QED) is 0.632. The molecule has 5 rings (SSSR count). The van der Waals surface area contributed by atoms with Crippen LogP contribution in [0.2, 0.25) is 0 Å². The minimum absolute atomic E-state index is 0.679. The molecule has 0 saturated heterocycles. The van der Waals surface area contributed by atoms with E-state index in [1.165, 1.54) is 12.8 Å². The van der Waals surface area contributed by atoms with Crippen LogP contribution in [0.15, 0.2) is 58.8 Å². The third-order valence-electron chi connectivity index (χ3n) is 4.87. The zero-order chi connectivity index (χ0) is 18.9. The third-order valence-corrected chi connectivity index (χ3v) is 5.80. The first kappa shape index (κ1) is 17.3. The Hall–Kier alpha value is -2.80. The standard InChI is InChI=1S/C21H20N4O2S/c1-26-19-8-3-2-7-17(19)20-22-23-21-25(20)24-18(13-28-21)15-5-4-6-16(11-15)27-12-14-9-10-14/h2-8,11,14H,9-10,12-13H2,1H3. The number of ether oxygens (including phenoxy) is 2. The molecule has 0 radical (unpaired) electrons. The molecule has 1 aliphatic heterocycles. The zero-order valence-corrected chi connectivity index (χ0v) is 16.4. The van der Waals surface area contributed by atoms with Gasteiger partial charge in [0.2, 0.25) is 5.16 Å². The van der Waals surface area contributed by atoms with E-state index >= 15 is 0 Å². The van der Waals surface area contributed by atoms with Gasteiger partial charge in [-0.3, -0.25) is 0 Å². The number of methoxy groups -OCH3 is 1. The van der Waals surface area contributed by atoms with Crippen molar-refractivity contribution in [3.63, 3.8) is 0 Å². The summed E-state index contributed by atoms with van der Waals surface area (Å²) in [6.07, 6.45) is 2.57. The maximum atomic E-state index is 5.93. The highest BCUT2D eigenvalue weighted by molar-refractivity contribution is 7.99. The number of fused-ring (bicyclic) bond motifs is 1. The van der Waals surface area contributed by atoms with Crippen LogP contribution in [0.3, 0.4) is 0 Å². The smallest absolute Gasteiger partial charge is 0.212 e. The van der Waals surface area contributed by atoms with Crippen LogP contribution >= 0.6 is 11.8 Å². The Bertz CT molecular complexity index is 1040. The van der Waals surface area contributed by atoms with Gasteiger partial charge in [-0.2, -0.15) is 9.78 Å². The van der Waals surface area contributed by atoms with Crippen molar-refractivity contribution in [2.75, 3.05) is 19.5 Å². The van der Waals surface area contributed by atoms with Gasteiger partial charge >= 0.3 is 0 Å². The molecule has 1 aromatic heterocycles. The Balaban J connectivity index is 1.48. The minimum Gasteiger partial charge on any atom is -0.496 e. The van der Waals surface area contributed by atoms with Gasteiger partial charge in [0.15, 0.2) is 5.82 Å². The van der Waals surface area contributed by atoms with Crippen LogP contribution in [0.4, 0.5) is 0 Å². The maximum Gasteiger partial charge on any atom is 0.212 e. The van der Waals surface area contributed by atoms with Crippen molar-refractivity contribution in [3.8, 4) is 22.9 Å². The van der Waals surface area contributed by atoms with Crippen molar-refractivity contribution in [3.05, 3.63) is 54.1 Å². The SMILES string of the molecule is COc1ccccc1-c1nnc2n1N=C(c1cccc(OCC3CC3)c1)CS2. The zero-order valence-electron chi connectivity index (χ0n) is 15.5. The number of nitrogens with zero attached hydrogens (tertiary/aromatic N) is 4. The Morgan fingerprint density at radius 2 is 2.00 bits per heavy atom. The summed E-state index contributed by atoms with van der Waals surface area (Å²) in [5.74, 6) is 3.81. The van der Waals surface area contributed by atoms with Gasteiger partial charge in [-0.15, -0.1) is 10.2 Å². The number of para-hydroxylation sites is 1. The average molecular weight is 392 g/mol. The second kappa shape index (κ2) is 7.31. The lowest BCUT2D eigenvalue weighted by Gasteiger charge is -2.15. The number of hydrogen-bond acceptors (Lipinski definition) is 6. The van der Waals surface area contributed by atoms with E-state index in [0.29, 0.717) is 5.82 Å². The molecule has 1 saturated carbocycles. The van der Waals surface area contributed by atoms with Crippen molar-refractivity contribution in [2.45, 2.75) is 18.0 Å². The summed E-state index contributed by atoms with van der Waals surface area (Å²) in [6, 6.07) is 15.9. The molecule has 6 nitrogen and oxygen atoms in total. The van der Waals surface area contributed by atoms with E-state index < -0.39 is 0 Å². The molecule has 3 aromatic rings. The van der Waals surface area contributed by atoms with Crippen LogP contribution in [0.25, 0.3) is 11.4 Å². The van der Waals surface area contributed by atoms with Crippen LogP contribution in [-0.4, -0.2) is 40.1 Å². The van der Waals surface area contributed by atoms with Gasteiger partial charge < -0.3 is 9.47 Å². The predicted molar refractivity (Wildman–Crippen MR) is 109 cm³/mol. The molecule has 0 N–H and O–H groups in total. The molecule has 2 heterocycles. The van der Waals surface area contributed by atoms with E-state index in [1.807, 2.05) is 36.4 Å². The summed E-state index contributed by atoms with van der Waals surface area (Å²) in [4.78, 5) is 0. The van der Waals surface area contributed by atoms with Crippen LogP contribution < -0.4 is 9.47 Å². The fraction of sp³-hybridized carbons (Fsp3) is 0.286. The molecular weight excluding hydrogens is 372 g/mol. The van der Waals surface area contributed by atoms with E-state index in [0.717, 1.165) is 51.8 Å². The lowest BCUT2D eigenvalue weighted by Crippen LogP contribution is -2.14. The molecule has 0 unspecified atom stereocenters. The highest BCUT2D eigenvalue weighted by atomic mass is 32.2. The Kier molecular flexibility index (Phi) is 4.52. The van der Waals surface area contributed by atoms with Crippen molar-refractivity contribution in [1.82, 2.24) is 14.9 Å². The summed E-state index contributed by atoms with van der Waals surface area (Å²) >= 11 is 1.63. The molecule has 0 spiro atoms. The minimum atomic E-state index is 0.679. The van der Waals surface area contributed by atoms with Crippen LogP contribution in [0.1, 0.15) is 18.4 Å². The molecule has 1 aliphatic carbocycles. The normalized spacial score (nSPS) is 15.7. The third kappa shape index (κ3) is 3.38. The van der Waals surface area contributed by atoms with E-state index in [4.69, 9.17) is 14.6 Å². The Labute approximate surface area is 167 Å². The highest BCUT2D eigenvalue weighted by Crippen LogP contribution is 2.33. The van der Waals surface area contributed by atoms with Gasteiger partial charge in [0.25, 0.3) is 0 Å². The summed E-state index contributed by atoms with van der Waals surface area (Å²) in [6.45, 7) is 0.804. The molecule has 28 heavy (non-hydrogen) atoms. The van der Waals surface area contributed by atoms with Gasteiger partial charge in [0.1, 0.15) is 11.5 Å². The van der Waals surface area contributed by atoms with E-state index in [-0.39, 0.29) is 0 Å². The second-order valence-electron chi connectivity index (χ2n) is 6.94. The summed E-state index contributed by atoms with van der Waals surface area (Å²) in [5, 5.41) is 14.3. The topological polar surface area (TPSA) is 61.5 Å². The lowest BCUT2D eigenvalue weighted by molar-refractivity contribution is 0.300. The van der Waals surface area contributed by atoms with Gasteiger partial charge in [-0.1, -0.05) is 36.0 Å². The number of benzene rings is 2. The van der Waals surface area contributed by atoms with E-state index in [9.17, 15) is 0 Å². The molecule has 2 aliphatic rings. The largest absolute Gasteiger partial charge is 0.496 e. The number of rotatable bonds is 6. The van der Waals surface area contributed by atoms with E-state index in [1.54, 1.807) is 23.5 Å². The first-order valence-electron chi connectivity index (χ1n) is 9.34. The molecular formula is C21H20N4O2S. The molecule has 7 heteroatoms. The average Bonchev–Trinajstić information content (AvgIpc) is 3.49. The lowest BCUT2D eigenvalue weighted by atomic mass is 10.1. The molecule has 2 aromatic carbocycles. The molecule has 142 valence electrons. The predicted octanol–water partition coefficient (Wildman–Crippen LogP) is 4.10. The van der Waals surface area contributed by atoms with Crippen molar-refractivity contribution >= 4 is 17.5 Å². The van der Waals surface area contributed by atoms with Gasteiger partial charge in [-0.25, -0.2) is 0 Å². The molecule has 0 amide bonds. The van der Waals surface area contributed by atoms with Crippen molar-refractivity contribution < 1.29 is 9.47 Å². The second-order valence-corrected chi connectivity index (χ2v) is 7.88. The number of hydrogen-bond donors (Lipinski definition) is 0. The van der Waals surface area contributed by atoms with E-state index in [2.05, 4.69) is 22.3 Å². The maximum absolute atomic E-state index is 5.93. The van der Waals surface area contributed by atoms with Gasteiger partial charge in [-0.05, 0) is 43.0 Å². The molecule has 1 fully saturated rings. The fourth-order valence-corrected chi connectivity index (χ4v) is 3.97. The van der Waals surface area contributed by atoms with Crippen LogP contribution in [-0.2, 0) is 0 Å². The van der Waals surface area contributed by atoms with Crippen LogP contribution in [0, 0.1) is 5.92 Å². The van der Waals surface area contributed by atoms with Gasteiger partial charge in [0, 0.05) is 11.3 Å². The Morgan fingerprint density at radius 1 is 1.11 bits per heavy atom. The van der Waals surface area contributed by atoms with Crippen molar-refractivity contribution in [2.24, 2.45) is 11.0 Å². The van der Waals surface area contributed by atoms with Crippen molar-refractivity contribution in [1.29, 1.82) is 0 Å².